The minimum Gasteiger partial charge on any atom is -0.371 e. The van der Waals surface area contributed by atoms with Gasteiger partial charge in [-0.15, -0.1) is 29.1 Å². The van der Waals surface area contributed by atoms with E-state index in [1.165, 1.54) is 0 Å². The first-order valence-corrected chi connectivity index (χ1v) is 8.99. The van der Waals surface area contributed by atoms with Crippen LogP contribution >= 0.6 is 69.6 Å². The molecule has 22 heavy (non-hydrogen) atoms. The molecule has 1 aliphatic heterocycles. The van der Waals surface area contributed by atoms with E-state index in [-0.39, 0.29) is 22.1 Å². The highest BCUT2D eigenvalue weighted by Crippen LogP contribution is 2.74. The molecular formula is C14H12Cl6O2. The average molecular weight is 425 g/mol. The number of hydrogen-bond donors (Lipinski definition) is 0. The number of fused-ring (bicyclic) bond motifs is 2. The summed E-state index contributed by atoms with van der Waals surface area (Å²) < 4.78 is 8.91. The van der Waals surface area contributed by atoms with Crippen molar-refractivity contribution in [2.75, 3.05) is 19.8 Å². The molecule has 2 fully saturated rings. The number of halogens is 6. The molecule has 3 aliphatic rings. The largest absolute Gasteiger partial charge is 0.371 e. The van der Waals surface area contributed by atoms with Crippen LogP contribution in [0.2, 0.25) is 0 Å². The summed E-state index contributed by atoms with van der Waals surface area (Å²) in [5.74, 6) is 5.77. The number of epoxide rings is 1. The smallest absolute Gasteiger partial charge is 0.166 e. The Morgan fingerprint density at radius 2 is 1.82 bits per heavy atom. The summed E-state index contributed by atoms with van der Waals surface area (Å²) in [7, 11) is 0. The van der Waals surface area contributed by atoms with Crippen LogP contribution in [0.15, 0.2) is 10.1 Å². The lowest BCUT2D eigenvalue weighted by Gasteiger charge is -2.33. The van der Waals surface area contributed by atoms with Crippen molar-refractivity contribution in [2.45, 2.75) is 33.0 Å². The summed E-state index contributed by atoms with van der Waals surface area (Å²) in [4.78, 5) is -2.38. The van der Waals surface area contributed by atoms with E-state index < -0.39 is 14.1 Å². The molecule has 1 heterocycles. The Balaban J connectivity index is 1.65. The molecule has 4 atom stereocenters. The zero-order chi connectivity index (χ0) is 16.2. The molecule has 1 saturated heterocycles. The van der Waals surface area contributed by atoms with Crippen molar-refractivity contribution < 1.29 is 9.47 Å². The van der Waals surface area contributed by atoms with Crippen LogP contribution in [-0.2, 0) is 9.47 Å². The molecule has 0 aromatic carbocycles. The molecule has 0 N–H and O–H groups in total. The third-order valence-corrected chi connectivity index (χ3v) is 8.58. The van der Waals surface area contributed by atoms with Crippen LogP contribution in [0.5, 0.6) is 0 Å². The van der Waals surface area contributed by atoms with Crippen molar-refractivity contribution in [3.63, 3.8) is 0 Å². The fraction of sp³-hybridized carbons (Fsp3) is 0.714. The van der Waals surface area contributed by atoms with Crippen LogP contribution < -0.4 is 0 Å². The number of hydrogen-bond acceptors (Lipinski definition) is 2. The molecule has 3 rings (SSSR count). The van der Waals surface area contributed by atoms with E-state index >= 15 is 0 Å². The van der Waals surface area contributed by atoms with Gasteiger partial charge < -0.3 is 9.47 Å². The van der Waals surface area contributed by atoms with Gasteiger partial charge in [0.25, 0.3) is 0 Å². The fourth-order valence-corrected chi connectivity index (χ4v) is 5.74. The van der Waals surface area contributed by atoms with Gasteiger partial charge in [0.1, 0.15) is 22.5 Å². The molecule has 0 amide bonds. The van der Waals surface area contributed by atoms with Crippen molar-refractivity contribution in [1.82, 2.24) is 0 Å². The van der Waals surface area contributed by atoms with Crippen LogP contribution in [-0.4, -0.2) is 40.0 Å². The maximum absolute atomic E-state index is 6.64. The highest BCUT2D eigenvalue weighted by Gasteiger charge is 2.77. The minimum absolute atomic E-state index is 0.184. The number of ether oxygens (including phenoxy) is 2. The molecule has 0 aromatic rings. The summed E-state index contributed by atoms with van der Waals surface area (Å²) >= 11 is 38.4. The van der Waals surface area contributed by atoms with E-state index in [1.54, 1.807) is 0 Å². The van der Waals surface area contributed by atoms with Gasteiger partial charge in [0.15, 0.2) is 4.33 Å². The van der Waals surface area contributed by atoms with Crippen molar-refractivity contribution in [1.29, 1.82) is 0 Å². The molecular weight excluding hydrogens is 413 g/mol. The molecule has 0 aromatic heterocycles. The minimum atomic E-state index is -1.47. The van der Waals surface area contributed by atoms with Crippen LogP contribution in [0, 0.1) is 17.8 Å². The molecule has 2 bridgehead atoms. The Hall–Kier alpha value is 0.960. The van der Waals surface area contributed by atoms with E-state index in [2.05, 4.69) is 11.8 Å². The quantitative estimate of drug-likeness (QED) is 0.283. The summed E-state index contributed by atoms with van der Waals surface area (Å²) in [6, 6.07) is 0. The van der Waals surface area contributed by atoms with Gasteiger partial charge in [-0.3, -0.25) is 0 Å². The van der Waals surface area contributed by atoms with Gasteiger partial charge in [-0.2, -0.15) is 0 Å². The van der Waals surface area contributed by atoms with Gasteiger partial charge in [0.2, 0.25) is 0 Å². The summed E-state index contributed by atoms with van der Waals surface area (Å²) in [5.41, 5.74) is 0. The van der Waals surface area contributed by atoms with E-state index in [1.807, 2.05) is 0 Å². The maximum atomic E-state index is 6.64. The Bertz CT molecular complexity index is 576. The number of alkyl halides is 4. The van der Waals surface area contributed by atoms with Gasteiger partial charge in [-0.1, -0.05) is 52.3 Å². The lowest BCUT2D eigenvalue weighted by atomic mass is 9.89. The second-order valence-electron chi connectivity index (χ2n) is 5.64. The standard InChI is InChI=1S/C14H12Cl6O2/c15-10-11(16)13(18)8(5-12(10,17)14(13,19)20)3-1-2-4-21-6-9-7-22-9/h8-9H,3-7H2. The highest BCUT2D eigenvalue weighted by molar-refractivity contribution is 6.65. The van der Waals surface area contributed by atoms with Gasteiger partial charge in [0, 0.05) is 6.42 Å². The molecule has 0 spiro atoms. The SMILES string of the molecule is ClC1=C(Cl)C2(Cl)C(CC#CCOCC3CO3)CC1(Cl)C2(Cl)Cl. The molecule has 0 radical (unpaired) electrons. The van der Waals surface area contributed by atoms with Crippen LogP contribution in [0.25, 0.3) is 0 Å². The second-order valence-corrected chi connectivity index (χ2v) is 8.97. The Labute approximate surface area is 159 Å². The van der Waals surface area contributed by atoms with E-state index in [4.69, 9.17) is 79.1 Å². The van der Waals surface area contributed by atoms with Crippen LogP contribution in [0.3, 0.4) is 0 Å². The maximum Gasteiger partial charge on any atom is 0.166 e. The predicted molar refractivity (Wildman–Crippen MR) is 91.4 cm³/mol. The average Bonchev–Trinajstić information content (AvgIpc) is 3.25. The third kappa shape index (κ3) is 2.49. The van der Waals surface area contributed by atoms with Crippen LogP contribution in [0.4, 0.5) is 0 Å². The third-order valence-electron chi connectivity index (χ3n) is 4.26. The Kier molecular flexibility index (Phi) is 4.88. The predicted octanol–water partition coefficient (Wildman–Crippen LogP) is 4.65. The molecule has 2 nitrogen and oxygen atoms in total. The van der Waals surface area contributed by atoms with E-state index in [9.17, 15) is 0 Å². The van der Waals surface area contributed by atoms with E-state index in [0.717, 1.165) is 6.61 Å². The van der Waals surface area contributed by atoms with Crippen molar-refractivity contribution in [3.8, 4) is 11.8 Å². The summed E-state index contributed by atoms with van der Waals surface area (Å²) in [5, 5.41) is 0.448. The molecule has 122 valence electrons. The Morgan fingerprint density at radius 3 is 2.36 bits per heavy atom. The first-order valence-electron chi connectivity index (χ1n) is 6.72. The number of allylic oxidation sites excluding steroid dienone is 2. The van der Waals surface area contributed by atoms with Gasteiger partial charge in [-0.05, 0) is 12.3 Å². The fourth-order valence-electron chi connectivity index (χ4n) is 2.90. The monoisotopic (exact) mass is 422 g/mol. The zero-order valence-corrected chi connectivity index (χ0v) is 15.8. The van der Waals surface area contributed by atoms with Gasteiger partial charge in [-0.25, -0.2) is 0 Å². The summed E-state index contributed by atoms with van der Waals surface area (Å²) in [6.07, 6.45) is 1.11. The van der Waals surface area contributed by atoms with Gasteiger partial charge in [0.05, 0.1) is 23.3 Å². The molecule has 2 aliphatic carbocycles. The summed E-state index contributed by atoms with van der Waals surface area (Å²) in [6.45, 7) is 1.67. The topological polar surface area (TPSA) is 21.8 Å². The van der Waals surface area contributed by atoms with Crippen molar-refractivity contribution in [2.24, 2.45) is 5.92 Å². The van der Waals surface area contributed by atoms with Gasteiger partial charge >= 0.3 is 0 Å². The second kappa shape index (κ2) is 6.04. The highest BCUT2D eigenvalue weighted by atomic mass is 35.5. The molecule has 4 unspecified atom stereocenters. The zero-order valence-electron chi connectivity index (χ0n) is 11.3. The van der Waals surface area contributed by atoms with Crippen molar-refractivity contribution in [3.05, 3.63) is 10.1 Å². The molecule has 1 saturated carbocycles. The lowest BCUT2D eigenvalue weighted by molar-refractivity contribution is 0.145. The van der Waals surface area contributed by atoms with Crippen LogP contribution in [0.1, 0.15) is 12.8 Å². The first-order chi connectivity index (χ1) is 10.2. The normalized spacial score (nSPS) is 41.5. The lowest BCUT2D eigenvalue weighted by Crippen LogP contribution is -2.44. The van der Waals surface area contributed by atoms with E-state index in [0.29, 0.717) is 26.1 Å². The number of rotatable bonds is 4. The Morgan fingerprint density at radius 1 is 1.14 bits per heavy atom. The molecule has 8 heteroatoms. The van der Waals surface area contributed by atoms with Crippen molar-refractivity contribution >= 4 is 69.6 Å². The first kappa shape index (κ1) is 17.8.